The first-order valence-electron chi connectivity index (χ1n) is 5.85. The Morgan fingerprint density at radius 1 is 1.14 bits per heavy atom. The number of carboxylic acid groups (broad SMARTS) is 1. The van der Waals surface area contributed by atoms with Crippen LogP contribution in [0.2, 0.25) is 5.02 Å². The van der Waals surface area contributed by atoms with E-state index in [9.17, 15) is 9.59 Å². The zero-order chi connectivity index (χ0) is 15.4. The van der Waals surface area contributed by atoms with Crippen LogP contribution in [0.15, 0.2) is 42.5 Å². The summed E-state index contributed by atoms with van der Waals surface area (Å²) in [6.45, 7) is 0. The zero-order valence-corrected chi connectivity index (χ0v) is 11.4. The molecule has 5 nitrogen and oxygen atoms in total. The third-order valence-corrected chi connectivity index (χ3v) is 2.87. The van der Waals surface area contributed by atoms with E-state index in [1.807, 2.05) is 6.07 Å². The Balaban J connectivity index is 2.27. The van der Waals surface area contributed by atoms with Gasteiger partial charge >= 0.3 is 5.97 Å². The molecule has 0 bridgehead atoms. The highest BCUT2D eigenvalue weighted by Gasteiger charge is 2.10. The van der Waals surface area contributed by atoms with Crippen LogP contribution in [0.4, 0.5) is 5.69 Å². The van der Waals surface area contributed by atoms with Gasteiger partial charge in [-0.05, 0) is 36.4 Å². The fourth-order valence-electron chi connectivity index (χ4n) is 1.72. The Bertz CT molecular complexity index is 766. The highest BCUT2D eigenvalue weighted by molar-refractivity contribution is 6.31. The van der Waals surface area contributed by atoms with Gasteiger partial charge in [0.1, 0.15) is 0 Å². The van der Waals surface area contributed by atoms with E-state index in [0.717, 1.165) is 0 Å². The van der Waals surface area contributed by atoms with Gasteiger partial charge < -0.3 is 10.4 Å². The zero-order valence-electron chi connectivity index (χ0n) is 10.6. The van der Waals surface area contributed by atoms with Crippen molar-refractivity contribution in [3.8, 4) is 6.07 Å². The summed E-state index contributed by atoms with van der Waals surface area (Å²) in [5, 5.41) is 20.5. The molecule has 0 heterocycles. The summed E-state index contributed by atoms with van der Waals surface area (Å²) in [5.41, 5.74) is 0.904. The second kappa shape index (κ2) is 6.07. The normalized spacial score (nSPS) is 9.71. The quantitative estimate of drug-likeness (QED) is 0.911. The lowest BCUT2D eigenvalue weighted by atomic mass is 10.1. The van der Waals surface area contributed by atoms with Crippen LogP contribution < -0.4 is 5.32 Å². The van der Waals surface area contributed by atoms with Crippen molar-refractivity contribution in [3.05, 3.63) is 64.2 Å². The van der Waals surface area contributed by atoms with E-state index in [1.54, 1.807) is 18.2 Å². The number of nitrogens with zero attached hydrogens (tertiary/aromatic N) is 1. The van der Waals surface area contributed by atoms with Crippen LogP contribution in [-0.2, 0) is 0 Å². The predicted octanol–water partition coefficient (Wildman–Crippen LogP) is 3.16. The van der Waals surface area contributed by atoms with Crippen molar-refractivity contribution < 1.29 is 14.7 Å². The monoisotopic (exact) mass is 300 g/mol. The van der Waals surface area contributed by atoms with Gasteiger partial charge in [-0.2, -0.15) is 5.26 Å². The number of aromatic carboxylic acids is 1. The van der Waals surface area contributed by atoms with E-state index < -0.39 is 11.9 Å². The highest BCUT2D eigenvalue weighted by Crippen LogP contribution is 2.20. The predicted molar refractivity (Wildman–Crippen MR) is 77.5 cm³/mol. The highest BCUT2D eigenvalue weighted by atomic mass is 35.5. The molecule has 21 heavy (non-hydrogen) atoms. The molecule has 0 unspecified atom stereocenters. The fraction of sp³-hybridized carbons (Fsp3) is 0. The third kappa shape index (κ3) is 3.59. The van der Waals surface area contributed by atoms with E-state index in [0.29, 0.717) is 11.1 Å². The Labute approximate surface area is 125 Å². The van der Waals surface area contributed by atoms with Crippen molar-refractivity contribution in [1.29, 1.82) is 5.26 Å². The molecule has 104 valence electrons. The second-order valence-corrected chi connectivity index (χ2v) is 4.62. The van der Waals surface area contributed by atoms with Gasteiger partial charge in [-0.1, -0.05) is 17.7 Å². The van der Waals surface area contributed by atoms with Crippen molar-refractivity contribution in [2.75, 3.05) is 5.32 Å². The van der Waals surface area contributed by atoms with E-state index in [-0.39, 0.29) is 16.3 Å². The molecule has 0 atom stereocenters. The Morgan fingerprint density at radius 3 is 2.57 bits per heavy atom. The Morgan fingerprint density at radius 2 is 1.90 bits per heavy atom. The molecule has 0 aliphatic heterocycles. The summed E-state index contributed by atoms with van der Waals surface area (Å²) < 4.78 is 0. The number of benzene rings is 2. The Kier molecular flexibility index (Phi) is 4.21. The van der Waals surface area contributed by atoms with Crippen LogP contribution in [0.25, 0.3) is 0 Å². The number of carbonyl (C=O) groups is 2. The van der Waals surface area contributed by atoms with Crippen molar-refractivity contribution >= 4 is 29.2 Å². The molecule has 2 N–H and O–H groups in total. The number of carbonyl (C=O) groups excluding carboxylic acids is 1. The number of amides is 1. The summed E-state index contributed by atoms with van der Waals surface area (Å²) in [6, 6.07) is 12.1. The number of anilines is 1. The summed E-state index contributed by atoms with van der Waals surface area (Å²) in [7, 11) is 0. The summed E-state index contributed by atoms with van der Waals surface area (Å²) in [4.78, 5) is 23.0. The van der Waals surface area contributed by atoms with Crippen molar-refractivity contribution in [2.45, 2.75) is 0 Å². The molecule has 0 aliphatic rings. The standard InChI is InChI=1S/C15H9ClN2O3/c16-12-5-11(15(20)21)6-13(7-12)18-14(19)10-3-1-2-9(4-10)8-17/h1-7H,(H,18,19)(H,20,21). The van der Waals surface area contributed by atoms with Crippen LogP contribution >= 0.6 is 11.6 Å². The largest absolute Gasteiger partial charge is 0.478 e. The number of nitrogens with one attached hydrogen (secondary N) is 1. The lowest BCUT2D eigenvalue weighted by molar-refractivity contribution is 0.0696. The molecule has 0 spiro atoms. The molecule has 0 aliphatic carbocycles. The average Bonchev–Trinajstić information content (AvgIpc) is 2.46. The average molecular weight is 301 g/mol. The van der Waals surface area contributed by atoms with Crippen molar-refractivity contribution in [1.82, 2.24) is 0 Å². The molecule has 0 fully saturated rings. The van der Waals surface area contributed by atoms with Crippen LogP contribution in [0.5, 0.6) is 0 Å². The lowest BCUT2D eigenvalue weighted by Gasteiger charge is -2.07. The maximum atomic E-state index is 12.1. The van der Waals surface area contributed by atoms with Gasteiger partial charge in [0.15, 0.2) is 0 Å². The number of carboxylic acids is 1. The van der Waals surface area contributed by atoms with E-state index in [4.69, 9.17) is 22.0 Å². The molecule has 2 rings (SSSR count). The summed E-state index contributed by atoms with van der Waals surface area (Å²) in [6.07, 6.45) is 0. The summed E-state index contributed by atoms with van der Waals surface area (Å²) >= 11 is 5.81. The smallest absolute Gasteiger partial charge is 0.335 e. The molecule has 6 heteroatoms. The maximum Gasteiger partial charge on any atom is 0.335 e. The first-order valence-corrected chi connectivity index (χ1v) is 6.23. The number of halogens is 1. The van der Waals surface area contributed by atoms with Gasteiger partial charge in [-0.15, -0.1) is 0 Å². The van der Waals surface area contributed by atoms with Crippen molar-refractivity contribution in [3.63, 3.8) is 0 Å². The number of nitriles is 1. The van der Waals surface area contributed by atoms with Crippen LogP contribution in [-0.4, -0.2) is 17.0 Å². The topological polar surface area (TPSA) is 90.2 Å². The van der Waals surface area contributed by atoms with Gasteiger partial charge in [0.05, 0.1) is 17.2 Å². The Hall–Kier alpha value is -2.84. The molecule has 2 aromatic carbocycles. The number of hydrogen-bond donors (Lipinski definition) is 2. The van der Waals surface area contributed by atoms with Gasteiger partial charge in [-0.25, -0.2) is 4.79 Å². The van der Waals surface area contributed by atoms with Gasteiger partial charge in [0.25, 0.3) is 5.91 Å². The SMILES string of the molecule is N#Cc1cccc(C(=O)Nc2cc(Cl)cc(C(=O)O)c2)c1. The van der Waals surface area contributed by atoms with Gasteiger partial charge in [0, 0.05) is 16.3 Å². The minimum absolute atomic E-state index is 0.0245. The fourth-order valence-corrected chi connectivity index (χ4v) is 1.95. The van der Waals surface area contributed by atoms with Crippen LogP contribution in [0, 0.1) is 11.3 Å². The second-order valence-electron chi connectivity index (χ2n) is 4.18. The maximum absolute atomic E-state index is 12.1. The molecular formula is C15H9ClN2O3. The number of hydrogen-bond acceptors (Lipinski definition) is 3. The molecule has 0 saturated carbocycles. The first-order chi connectivity index (χ1) is 9.99. The lowest BCUT2D eigenvalue weighted by Crippen LogP contribution is -2.12. The minimum atomic E-state index is -1.14. The molecular weight excluding hydrogens is 292 g/mol. The minimum Gasteiger partial charge on any atom is -0.478 e. The molecule has 0 radical (unpaired) electrons. The number of rotatable bonds is 3. The van der Waals surface area contributed by atoms with E-state index >= 15 is 0 Å². The third-order valence-electron chi connectivity index (χ3n) is 2.66. The molecule has 0 saturated heterocycles. The van der Waals surface area contributed by atoms with Crippen molar-refractivity contribution in [2.24, 2.45) is 0 Å². The first kappa shape index (κ1) is 14.6. The van der Waals surface area contributed by atoms with E-state index in [1.165, 1.54) is 24.3 Å². The molecule has 1 amide bonds. The van der Waals surface area contributed by atoms with Crippen LogP contribution in [0.3, 0.4) is 0 Å². The molecule has 2 aromatic rings. The van der Waals surface area contributed by atoms with Gasteiger partial charge in [-0.3, -0.25) is 4.79 Å². The van der Waals surface area contributed by atoms with E-state index in [2.05, 4.69) is 5.32 Å². The molecule has 0 aromatic heterocycles. The van der Waals surface area contributed by atoms with Crippen LogP contribution in [0.1, 0.15) is 26.3 Å². The summed E-state index contributed by atoms with van der Waals surface area (Å²) in [5.74, 6) is -1.59. The van der Waals surface area contributed by atoms with Gasteiger partial charge in [0.2, 0.25) is 0 Å².